The molecule has 1 fully saturated rings. The summed E-state index contributed by atoms with van der Waals surface area (Å²) in [6.45, 7) is 5.31. The van der Waals surface area contributed by atoms with Gasteiger partial charge in [-0.25, -0.2) is 26.7 Å². The van der Waals surface area contributed by atoms with E-state index >= 15 is 0 Å². The first-order chi connectivity index (χ1) is 11.5. The zero-order chi connectivity index (χ0) is 18.9. The van der Waals surface area contributed by atoms with E-state index in [-0.39, 0.29) is 6.54 Å². The monoisotopic (exact) mass is 366 g/mol. The Morgan fingerprint density at radius 3 is 2.12 bits per heavy atom. The van der Waals surface area contributed by atoms with Crippen molar-refractivity contribution in [1.82, 2.24) is 4.90 Å². The van der Waals surface area contributed by atoms with Crippen LogP contribution in [-0.2, 0) is 4.74 Å². The Morgan fingerprint density at radius 1 is 1.08 bits per heavy atom. The molecule has 140 valence electrons. The van der Waals surface area contributed by atoms with Crippen LogP contribution in [0.25, 0.3) is 0 Å². The Balaban J connectivity index is 2.12. The molecular weight excluding hydrogens is 347 g/mol. The molecule has 0 aromatic heterocycles. The summed E-state index contributed by atoms with van der Waals surface area (Å²) < 4.78 is 72.0. The number of likely N-dealkylation sites (tertiary alicyclic amines) is 1. The molecule has 1 heterocycles. The van der Waals surface area contributed by atoms with Crippen molar-refractivity contribution in [2.45, 2.75) is 45.3 Å². The fourth-order valence-corrected chi connectivity index (χ4v) is 2.59. The average Bonchev–Trinajstić information content (AvgIpc) is 2.98. The molecular formula is C16H19F5N2O2. The number of hydrogen-bond donors (Lipinski definition) is 1. The molecule has 0 aliphatic carbocycles. The molecule has 1 aliphatic heterocycles. The van der Waals surface area contributed by atoms with Gasteiger partial charge in [-0.3, -0.25) is 0 Å². The summed E-state index contributed by atoms with van der Waals surface area (Å²) in [5.74, 6) is -10.1. The Bertz CT molecular complexity index is 646. The van der Waals surface area contributed by atoms with Crippen molar-refractivity contribution >= 4 is 11.8 Å². The topological polar surface area (TPSA) is 41.6 Å². The van der Waals surface area contributed by atoms with Gasteiger partial charge in [-0.2, -0.15) is 0 Å². The standard InChI is InChI=1S/C16H19F5N2O2/c1-16(2,3)25-15(24)23-6-4-5-8(23)7-22-14-12(20)10(18)9(17)11(19)13(14)21/h8,22H,4-7H2,1-3H3. The summed E-state index contributed by atoms with van der Waals surface area (Å²) in [5.41, 5.74) is -1.81. The van der Waals surface area contributed by atoms with Crippen molar-refractivity contribution in [2.75, 3.05) is 18.4 Å². The molecule has 0 spiro atoms. The largest absolute Gasteiger partial charge is 0.444 e. The Hall–Kier alpha value is -2.06. The van der Waals surface area contributed by atoms with E-state index in [9.17, 15) is 26.7 Å². The molecule has 1 amide bonds. The second-order valence-electron chi connectivity index (χ2n) is 6.80. The molecule has 1 aromatic carbocycles. The Kier molecular flexibility index (Phi) is 5.43. The molecule has 1 aliphatic rings. The first-order valence-electron chi connectivity index (χ1n) is 7.78. The fourth-order valence-electron chi connectivity index (χ4n) is 2.59. The highest BCUT2D eigenvalue weighted by Crippen LogP contribution is 2.28. The van der Waals surface area contributed by atoms with Gasteiger partial charge in [0, 0.05) is 13.1 Å². The number of carbonyl (C=O) groups excluding carboxylic acids is 1. The third-order valence-electron chi connectivity index (χ3n) is 3.73. The van der Waals surface area contributed by atoms with Gasteiger partial charge in [0.05, 0.1) is 6.04 Å². The minimum absolute atomic E-state index is 0.169. The summed E-state index contributed by atoms with van der Waals surface area (Å²) in [5, 5.41) is 2.23. The normalized spacial score (nSPS) is 17.8. The van der Waals surface area contributed by atoms with Crippen molar-refractivity contribution < 1.29 is 31.5 Å². The lowest BCUT2D eigenvalue weighted by Gasteiger charge is -2.29. The van der Waals surface area contributed by atoms with Crippen LogP contribution < -0.4 is 5.32 Å². The van der Waals surface area contributed by atoms with E-state index in [1.54, 1.807) is 20.8 Å². The molecule has 1 atom stereocenters. The summed E-state index contributed by atoms with van der Waals surface area (Å²) >= 11 is 0. The number of rotatable bonds is 3. The van der Waals surface area contributed by atoms with Crippen LogP contribution in [-0.4, -0.2) is 35.7 Å². The molecule has 4 nitrogen and oxygen atoms in total. The van der Waals surface area contributed by atoms with Crippen LogP contribution in [0, 0.1) is 29.1 Å². The van der Waals surface area contributed by atoms with E-state index in [0.717, 1.165) is 0 Å². The number of ether oxygens (including phenoxy) is 1. The molecule has 1 aromatic rings. The minimum atomic E-state index is -2.21. The third-order valence-corrected chi connectivity index (χ3v) is 3.73. The van der Waals surface area contributed by atoms with E-state index in [1.807, 2.05) is 0 Å². The van der Waals surface area contributed by atoms with Gasteiger partial charge in [-0.15, -0.1) is 0 Å². The van der Waals surface area contributed by atoms with Crippen LogP contribution in [0.1, 0.15) is 33.6 Å². The number of carbonyl (C=O) groups is 1. The number of benzene rings is 1. The van der Waals surface area contributed by atoms with E-state index in [0.29, 0.717) is 19.4 Å². The molecule has 1 saturated heterocycles. The quantitative estimate of drug-likeness (QED) is 0.495. The zero-order valence-electron chi connectivity index (χ0n) is 14.1. The SMILES string of the molecule is CC(C)(C)OC(=O)N1CCCC1CNc1c(F)c(F)c(F)c(F)c1F. The zero-order valence-corrected chi connectivity index (χ0v) is 14.1. The number of amides is 1. The van der Waals surface area contributed by atoms with E-state index in [2.05, 4.69) is 5.32 Å². The molecule has 1 unspecified atom stereocenters. The van der Waals surface area contributed by atoms with Crippen molar-refractivity contribution in [3.05, 3.63) is 29.1 Å². The number of halogens is 5. The van der Waals surface area contributed by atoms with Crippen LogP contribution in [0.5, 0.6) is 0 Å². The summed E-state index contributed by atoms with van der Waals surface area (Å²) in [6, 6.07) is -0.482. The van der Waals surface area contributed by atoms with Crippen LogP contribution in [0.4, 0.5) is 32.4 Å². The lowest BCUT2D eigenvalue weighted by molar-refractivity contribution is 0.0235. The van der Waals surface area contributed by atoms with Crippen molar-refractivity contribution in [1.29, 1.82) is 0 Å². The average molecular weight is 366 g/mol. The van der Waals surface area contributed by atoms with Gasteiger partial charge in [0.25, 0.3) is 0 Å². The summed E-state index contributed by atoms with van der Waals surface area (Å²) in [7, 11) is 0. The highest BCUT2D eigenvalue weighted by molar-refractivity contribution is 5.69. The minimum Gasteiger partial charge on any atom is -0.444 e. The highest BCUT2D eigenvalue weighted by atomic mass is 19.2. The van der Waals surface area contributed by atoms with Crippen LogP contribution in [0.2, 0.25) is 0 Å². The molecule has 9 heteroatoms. The van der Waals surface area contributed by atoms with Crippen molar-refractivity contribution in [2.24, 2.45) is 0 Å². The van der Waals surface area contributed by atoms with E-state index in [1.165, 1.54) is 4.90 Å². The molecule has 2 rings (SSSR count). The molecule has 1 N–H and O–H groups in total. The van der Waals surface area contributed by atoms with Gasteiger partial charge in [-0.1, -0.05) is 0 Å². The first kappa shape index (κ1) is 19.3. The first-order valence-corrected chi connectivity index (χ1v) is 7.78. The van der Waals surface area contributed by atoms with Crippen molar-refractivity contribution in [3.8, 4) is 0 Å². The maximum atomic E-state index is 13.7. The van der Waals surface area contributed by atoms with Crippen LogP contribution in [0.15, 0.2) is 0 Å². The number of anilines is 1. The molecule has 0 radical (unpaired) electrons. The Morgan fingerprint density at radius 2 is 1.60 bits per heavy atom. The second-order valence-corrected chi connectivity index (χ2v) is 6.80. The number of nitrogens with one attached hydrogen (secondary N) is 1. The third kappa shape index (κ3) is 4.13. The van der Waals surface area contributed by atoms with Gasteiger partial charge in [-0.05, 0) is 33.6 Å². The lowest BCUT2D eigenvalue weighted by atomic mass is 10.2. The molecule has 25 heavy (non-hydrogen) atoms. The second kappa shape index (κ2) is 7.05. The predicted molar refractivity (Wildman–Crippen MR) is 80.7 cm³/mol. The number of nitrogens with zero attached hydrogens (tertiary/aromatic N) is 1. The van der Waals surface area contributed by atoms with Gasteiger partial charge < -0.3 is 15.0 Å². The summed E-state index contributed by atoms with van der Waals surface area (Å²) in [6.07, 6.45) is 0.568. The van der Waals surface area contributed by atoms with Gasteiger partial charge in [0.15, 0.2) is 23.3 Å². The van der Waals surface area contributed by atoms with Crippen LogP contribution >= 0.6 is 0 Å². The van der Waals surface area contributed by atoms with E-state index in [4.69, 9.17) is 4.74 Å². The fraction of sp³-hybridized carbons (Fsp3) is 0.562. The maximum Gasteiger partial charge on any atom is 0.410 e. The van der Waals surface area contributed by atoms with Gasteiger partial charge in [0.2, 0.25) is 5.82 Å². The smallest absolute Gasteiger partial charge is 0.410 e. The molecule has 0 saturated carbocycles. The van der Waals surface area contributed by atoms with Gasteiger partial charge in [0.1, 0.15) is 11.3 Å². The van der Waals surface area contributed by atoms with Crippen molar-refractivity contribution in [3.63, 3.8) is 0 Å². The van der Waals surface area contributed by atoms with E-state index < -0.39 is 52.5 Å². The van der Waals surface area contributed by atoms with Crippen LogP contribution in [0.3, 0.4) is 0 Å². The lowest BCUT2D eigenvalue weighted by Crippen LogP contribution is -2.42. The highest BCUT2D eigenvalue weighted by Gasteiger charge is 2.33. The van der Waals surface area contributed by atoms with Gasteiger partial charge >= 0.3 is 6.09 Å². The maximum absolute atomic E-state index is 13.7. The number of hydrogen-bond acceptors (Lipinski definition) is 3. The predicted octanol–water partition coefficient (Wildman–Crippen LogP) is 4.19. The Labute approximate surface area is 141 Å². The summed E-state index contributed by atoms with van der Waals surface area (Å²) in [4.78, 5) is 13.5. The molecule has 0 bridgehead atoms.